The predicted octanol–water partition coefficient (Wildman–Crippen LogP) is 0.831. The molecule has 0 radical (unpaired) electrons. The van der Waals surface area contributed by atoms with Crippen LogP contribution in [0.25, 0.3) is 0 Å². The van der Waals surface area contributed by atoms with Crippen LogP contribution in [0.15, 0.2) is 0 Å². The Kier molecular flexibility index (Phi) is 5.35. The monoisotopic (exact) mass is 286 g/mol. The van der Waals surface area contributed by atoms with Crippen LogP contribution in [0.1, 0.15) is 33.6 Å². The molecule has 1 heterocycles. The van der Waals surface area contributed by atoms with Gasteiger partial charge >= 0.3 is 12.1 Å². The molecule has 0 aromatic heterocycles. The first-order valence-electron chi connectivity index (χ1n) is 6.69. The quantitative estimate of drug-likeness (QED) is 0.798. The van der Waals surface area contributed by atoms with Gasteiger partial charge in [0.15, 0.2) is 0 Å². The molecule has 3 atom stereocenters. The Morgan fingerprint density at radius 2 is 1.90 bits per heavy atom. The minimum absolute atomic E-state index is 0.149. The van der Waals surface area contributed by atoms with Crippen molar-refractivity contribution < 1.29 is 24.2 Å². The first-order valence-corrected chi connectivity index (χ1v) is 6.69. The summed E-state index contributed by atoms with van der Waals surface area (Å²) in [5.74, 6) is -1.55. The number of ether oxygens (including phenoxy) is 1. The van der Waals surface area contributed by atoms with Crippen LogP contribution < -0.4 is 5.32 Å². The minimum atomic E-state index is -1.01. The van der Waals surface area contributed by atoms with Crippen molar-refractivity contribution in [1.29, 1.82) is 0 Å². The lowest BCUT2D eigenvalue weighted by molar-refractivity contribution is -0.150. The van der Waals surface area contributed by atoms with Crippen LogP contribution in [-0.2, 0) is 14.3 Å². The smallest absolute Gasteiger partial charge is 0.407 e. The maximum absolute atomic E-state index is 12.6. The molecule has 1 aliphatic rings. The lowest BCUT2D eigenvalue weighted by Crippen LogP contribution is -2.55. The van der Waals surface area contributed by atoms with E-state index in [1.165, 1.54) is 12.0 Å². The third-order valence-corrected chi connectivity index (χ3v) is 3.60. The summed E-state index contributed by atoms with van der Waals surface area (Å²) in [6, 6.07) is -1.76. The summed E-state index contributed by atoms with van der Waals surface area (Å²) in [5.41, 5.74) is 0. The lowest BCUT2D eigenvalue weighted by atomic mass is 10.0. The molecule has 1 fully saturated rings. The van der Waals surface area contributed by atoms with E-state index in [0.717, 1.165) is 0 Å². The van der Waals surface area contributed by atoms with Crippen molar-refractivity contribution >= 4 is 18.0 Å². The SMILES string of the molecule is COC(=O)NC(C(=O)N1C(C)CCC1C(=O)O)C(C)C. The van der Waals surface area contributed by atoms with Gasteiger partial charge in [0.05, 0.1) is 7.11 Å². The molecular weight excluding hydrogens is 264 g/mol. The molecule has 2 amide bonds. The van der Waals surface area contributed by atoms with E-state index in [9.17, 15) is 19.5 Å². The van der Waals surface area contributed by atoms with E-state index in [1.54, 1.807) is 13.8 Å². The van der Waals surface area contributed by atoms with Gasteiger partial charge in [-0.25, -0.2) is 9.59 Å². The van der Waals surface area contributed by atoms with Crippen molar-refractivity contribution in [3.63, 3.8) is 0 Å². The second kappa shape index (κ2) is 6.58. The summed E-state index contributed by atoms with van der Waals surface area (Å²) >= 11 is 0. The molecule has 0 bridgehead atoms. The average Bonchev–Trinajstić information content (AvgIpc) is 2.76. The zero-order chi connectivity index (χ0) is 15.4. The molecule has 7 heteroatoms. The van der Waals surface area contributed by atoms with Crippen LogP contribution in [0.3, 0.4) is 0 Å². The van der Waals surface area contributed by atoms with E-state index in [0.29, 0.717) is 12.8 Å². The fraction of sp³-hybridized carbons (Fsp3) is 0.769. The fourth-order valence-electron chi connectivity index (χ4n) is 2.46. The van der Waals surface area contributed by atoms with Crippen LogP contribution >= 0.6 is 0 Å². The predicted molar refractivity (Wildman–Crippen MR) is 71.1 cm³/mol. The topological polar surface area (TPSA) is 95.9 Å². The Hall–Kier alpha value is -1.79. The van der Waals surface area contributed by atoms with Gasteiger partial charge in [-0.2, -0.15) is 0 Å². The van der Waals surface area contributed by atoms with Gasteiger partial charge in [-0.15, -0.1) is 0 Å². The van der Waals surface area contributed by atoms with Crippen LogP contribution in [0.2, 0.25) is 0 Å². The Morgan fingerprint density at radius 1 is 1.30 bits per heavy atom. The molecule has 0 saturated carbocycles. The van der Waals surface area contributed by atoms with Gasteiger partial charge in [0.1, 0.15) is 12.1 Å². The number of methoxy groups -OCH3 is 1. The summed E-state index contributed by atoms with van der Waals surface area (Å²) in [5, 5.41) is 11.7. The molecule has 0 aromatic carbocycles. The highest BCUT2D eigenvalue weighted by Crippen LogP contribution is 2.26. The van der Waals surface area contributed by atoms with Gasteiger partial charge in [-0.1, -0.05) is 13.8 Å². The van der Waals surface area contributed by atoms with Crippen LogP contribution in [0.5, 0.6) is 0 Å². The number of carbonyl (C=O) groups is 3. The number of hydrogen-bond acceptors (Lipinski definition) is 4. The molecule has 1 aliphatic heterocycles. The van der Waals surface area contributed by atoms with E-state index >= 15 is 0 Å². The van der Waals surface area contributed by atoms with Gasteiger partial charge in [0.2, 0.25) is 5.91 Å². The largest absolute Gasteiger partial charge is 0.480 e. The zero-order valence-corrected chi connectivity index (χ0v) is 12.3. The van der Waals surface area contributed by atoms with E-state index < -0.39 is 24.1 Å². The van der Waals surface area contributed by atoms with Crippen LogP contribution in [-0.4, -0.2) is 53.2 Å². The van der Waals surface area contributed by atoms with Crippen molar-refractivity contribution in [3.05, 3.63) is 0 Å². The molecule has 114 valence electrons. The second-order valence-corrected chi connectivity index (χ2v) is 5.38. The highest BCUT2D eigenvalue weighted by Gasteiger charge is 2.42. The van der Waals surface area contributed by atoms with E-state index in [2.05, 4.69) is 10.1 Å². The average molecular weight is 286 g/mol. The van der Waals surface area contributed by atoms with Gasteiger partial charge < -0.3 is 20.1 Å². The van der Waals surface area contributed by atoms with Gasteiger partial charge in [0, 0.05) is 6.04 Å². The number of carbonyl (C=O) groups excluding carboxylic acids is 2. The van der Waals surface area contributed by atoms with Crippen LogP contribution in [0, 0.1) is 5.92 Å². The number of aliphatic carboxylic acids is 1. The maximum Gasteiger partial charge on any atom is 0.407 e. The van der Waals surface area contributed by atoms with Crippen LogP contribution in [0.4, 0.5) is 4.79 Å². The standard InChI is InChI=1S/C13H22N2O5/c1-7(2)10(14-13(19)20-4)11(16)15-8(3)5-6-9(15)12(17)18/h7-10H,5-6H2,1-4H3,(H,14,19)(H,17,18). The molecule has 7 nitrogen and oxygen atoms in total. The minimum Gasteiger partial charge on any atom is -0.480 e. The van der Waals surface area contributed by atoms with Gasteiger partial charge in [-0.3, -0.25) is 4.79 Å². The van der Waals surface area contributed by atoms with Crippen molar-refractivity contribution in [2.75, 3.05) is 7.11 Å². The van der Waals surface area contributed by atoms with Crippen molar-refractivity contribution in [3.8, 4) is 0 Å². The number of amides is 2. The molecule has 0 spiro atoms. The summed E-state index contributed by atoms with van der Waals surface area (Å²) in [4.78, 5) is 36.5. The molecule has 1 rings (SSSR count). The Morgan fingerprint density at radius 3 is 2.35 bits per heavy atom. The third-order valence-electron chi connectivity index (χ3n) is 3.60. The molecule has 3 unspecified atom stereocenters. The normalized spacial score (nSPS) is 23.6. The Labute approximate surface area is 118 Å². The molecule has 0 aromatic rings. The lowest BCUT2D eigenvalue weighted by Gasteiger charge is -2.31. The fourth-order valence-corrected chi connectivity index (χ4v) is 2.46. The van der Waals surface area contributed by atoms with Crippen molar-refractivity contribution in [1.82, 2.24) is 10.2 Å². The summed E-state index contributed by atoms with van der Waals surface area (Å²) in [7, 11) is 1.22. The van der Waals surface area contributed by atoms with Crippen molar-refractivity contribution in [2.45, 2.75) is 51.7 Å². The van der Waals surface area contributed by atoms with E-state index in [1.807, 2.05) is 6.92 Å². The number of carboxylic acid groups (broad SMARTS) is 1. The van der Waals surface area contributed by atoms with E-state index in [4.69, 9.17) is 0 Å². The first-order chi connectivity index (χ1) is 9.29. The Bertz CT molecular complexity index is 396. The van der Waals surface area contributed by atoms with Gasteiger partial charge in [-0.05, 0) is 25.7 Å². The zero-order valence-electron chi connectivity index (χ0n) is 12.3. The summed E-state index contributed by atoms with van der Waals surface area (Å²) in [6.45, 7) is 5.39. The highest BCUT2D eigenvalue weighted by molar-refractivity contribution is 5.90. The first kappa shape index (κ1) is 16.3. The van der Waals surface area contributed by atoms with E-state index in [-0.39, 0.29) is 17.9 Å². The summed E-state index contributed by atoms with van der Waals surface area (Å²) < 4.78 is 4.51. The number of nitrogens with one attached hydrogen (secondary N) is 1. The third kappa shape index (κ3) is 3.40. The number of hydrogen-bond donors (Lipinski definition) is 2. The van der Waals surface area contributed by atoms with Gasteiger partial charge in [0.25, 0.3) is 0 Å². The number of likely N-dealkylation sites (tertiary alicyclic amines) is 1. The number of alkyl carbamates (subject to hydrolysis) is 1. The molecule has 1 saturated heterocycles. The number of carboxylic acids is 1. The molecule has 20 heavy (non-hydrogen) atoms. The molecule has 2 N–H and O–H groups in total. The number of nitrogens with zero attached hydrogens (tertiary/aromatic N) is 1. The molecule has 0 aliphatic carbocycles. The summed E-state index contributed by atoms with van der Waals surface area (Å²) in [6.07, 6.45) is 0.382. The second-order valence-electron chi connectivity index (χ2n) is 5.38. The van der Waals surface area contributed by atoms with Crippen molar-refractivity contribution in [2.24, 2.45) is 5.92 Å². The Balaban J connectivity index is 2.92. The maximum atomic E-state index is 12.6. The number of rotatable bonds is 4. The highest BCUT2D eigenvalue weighted by atomic mass is 16.5. The molecular formula is C13H22N2O5.